The molecule has 1 N–H and O–H groups in total. The van der Waals surface area contributed by atoms with Crippen LogP contribution in [0.15, 0.2) is 65.2 Å². The molecule has 2 unspecified atom stereocenters. The summed E-state index contributed by atoms with van der Waals surface area (Å²) < 4.78 is 16.2. The van der Waals surface area contributed by atoms with E-state index in [9.17, 15) is 9.59 Å². The van der Waals surface area contributed by atoms with Crippen molar-refractivity contribution in [1.29, 1.82) is 0 Å². The van der Waals surface area contributed by atoms with Gasteiger partial charge < -0.3 is 24.1 Å². The van der Waals surface area contributed by atoms with Crippen LogP contribution in [0.25, 0.3) is 11.3 Å². The molecule has 0 bridgehead atoms. The molecule has 2 atom stereocenters. The van der Waals surface area contributed by atoms with Crippen molar-refractivity contribution in [3.8, 4) is 11.3 Å². The lowest BCUT2D eigenvalue weighted by molar-refractivity contribution is -0.143. The Morgan fingerprint density at radius 1 is 1.18 bits per heavy atom. The Labute approximate surface area is 196 Å². The molecule has 3 aromatic rings. The molecule has 4 rings (SSSR count). The van der Waals surface area contributed by atoms with E-state index in [0.29, 0.717) is 22.2 Å². The van der Waals surface area contributed by atoms with Gasteiger partial charge in [0.1, 0.15) is 24.1 Å². The first-order valence-corrected chi connectivity index (χ1v) is 10.8. The zero-order chi connectivity index (χ0) is 23.4. The van der Waals surface area contributed by atoms with Crippen molar-refractivity contribution < 1.29 is 23.5 Å². The molecular formula is C24H23N3O5S. The summed E-state index contributed by atoms with van der Waals surface area (Å²) in [5, 5.41) is 3.67. The molecule has 2 aromatic heterocycles. The largest absolute Gasteiger partial charge is 0.465 e. The molecular weight excluding hydrogens is 442 g/mol. The number of hydrogen-bond acceptors (Lipinski definition) is 7. The Hall–Kier alpha value is -3.72. The molecule has 0 saturated carbocycles. The summed E-state index contributed by atoms with van der Waals surface area (Å²) in [6, 6.07) is 15.5. The van der Waals surface area contributed by atoms with E-state index in [0.717, 1.165) is 11.3 Å². The lowest BCUT2D eigenvalue weighted by Crippen LogP contribution is -2.35. The standard InChI is InChI=1S/C24H23N3O5S/c1-3-31-20(28)14-27-22(21(26-24(27)33)17-9-4-5-12-25-17)19-11-10-18(32-19)15-7-6-8-16(13-15)23(29)30-2/h4-13,21-22H,3,14H2,1-2H3,(H,26,33). The number of hydrogen-bond donors (Lipinski definition) is 1. The van der Waals surface area contributed by atoms with Gasteiger partial charge in [-0.2, -0.15) is 0 Å². The van der Waals surface area contributed by atoms with Crippen LogP contribution in [0, 0.1) is 0 Å². The van der Waals surface area contributed by atoms with Crippen molar-refractivity contribution in [2.45, 2.75) is 19.0 Å². The van der Waals surface area contributed by atoms with E-state index in [1.54, 1.807) is 36.2 Å². The van der Waals surface area contributed by atoms with E-state index >= 15 is 0 Å². The van der Waals surface area contributed by atoms with E-state index in [2.05, 4.69) is 10.3 Å². The minimum absolute atomic E-state index is 0.0263. The van der Waals surface area contributed by atoms with Crippen LogP contribution < -0.4 is 5.32 Å². The highest BCUT2D eigenvalue weighted by atomic mass is 32.1. The fraction of sp³-hybridized carbons (Fsp3) is 0.250. The SMILES string of the molecule is CCOC(=O)CN1C(=S)NC(c2ccccn2)C1c1ccc(-c2cccc(C(=O)OC)c2)o1. The van der Waals surface area contributed by atoms with Crippen LogP contribution >= 0.6 is 12.2 Å². The van der Waals surface area contributed by atoms with Gasteiger partial charge in [-0.1, -0.05) is 18.2 Å². The first-order valence-electron chi connectivity index (χ1n) is 10.4. The molecule has 1 aliphatic rings. The van der Waals surface area contributed by atoms with Crippen molar-refractivity contribution in [3.63, 3.8) is 0 Å². The molecule has 9 heteroatoms. The average molecular weight is 466 g/mol. The second-order valence-electron chi connectivity index (χ2n) is 7.33. The Kier molecular flexibility index (Phi) is 6.69. The molecule has 0 spiro atoms. The van der Waals surface area contributed by atoms with Crippen LogP contribution in [-0.4, -0.2) is 47.2 Å². The van der Waals surface area contributed by atoms with Gasteiger partial charge in [0.05, 0.1) is 31.0 Å². The number of esters is 2. The average Bonchev–Trinajstić information content (AvgIpc) is 3.44. The smallest absolute Gasteiger partial charge is 0.337 e. The van der Waals surface area contributed by atoms with Crippen LogP contribution in [0.5, 0.6) is 0 Å². The monoisotopic (exact) mass is 465 g/mol. The molecule has 0 radical (unpaired) electrons. The lowest BCUT2D eigenvalue weighted by atomic mass is 10.0. The molecule has 1 aromatic carbocycles. The van der Waals surface area contributed by atoms with Gasteiger partial charge in [0.25, 0.3) is 0 Å². The van der Waals surface area contributed by atoms with Crippen molar-refractivity contribution in [2.75, 3.05) is 20.3 Å². The van der Waals surface area contributed by atoms with Gasteiger partial charge in [0.15, 0.2) is 5.11 Å². The zero-order valence-electron chi connectivity index (χ0n) is 18.2. The Bertz CT molecular complexity index is 1160. The normalized spacial score (nSPS) is 17.5. The minimum atomic E-state index is -0.426. The van der Waals surface area contributed by atoms with Gasteiger partial charge in [0.2, 0.25) is 0 Å². The summed E-state index contributed by atoms with van der Waals surface area (Å²) in [6.07, 6.45) is 1.71. The highest BCUT2D eigenvalue weighted by molar-refractivity contribution is 7.80. The Morgan fingerprint density at radius 2 is 2.03 bits per heavy atom. The summed E-state index contributed by atoms with van der Waals surface area (Å²) in [7, 11) is 1.34. The number of nitrogens with zero attached hydrogens (tertiary/aromatic N) is 2. The third-order valence-corrected chi connectivity index (χ3v) is 5.64. The molecule has 8 nitrogen and oxygen atoms in total. The van der Waals surface area contributed by atoms with Gasteiger partial charge in [-0.3, -0.25) is 9.78 Å². The number of carbonyl (C=O) groups excluding carboxylic acids is 2. The summed E-state index contributed by atoms with van der Waals surface area (Å²) in [4.78, 5) is 30.4. The van der Waals surface area contributed by atoms with Crippen LogP contribution in [0.3, 0.4) is 0 Å². The number of pyridine rings is 1. The molecule has 0 aliphatic carbocycles. The van der Waals surface area contributed by atoms with Gasteiger partial charge in [-0.05, 0) is 55.5 Å². The van der Waals surface area contributed by atoms with Crippen LogP contribution in [0.1, 0.15) is 40.8 Å². The molecule has 1 fully saturated rings. The van der Waals surface area contributed by atoms with E-state index in [4.69, 9.17) is 26.1 Å². The highest BCUT2D eigenvalue weighted by Gasteiger charge is 2.42. The lowest BCUT2D eigenvalue weighted by Gasteiger charge is -2.25. The van der Waals surface area contributed by atoms with Gasteiger partial charge in [-0.15, -0.1) is 0 Å². The van der Waals surface area contributed by atoms with E-state index in [-0.39, 0.29) is 25.2 Å². The molecule has 1 saturated heterocycles. The summed E-state index contributed by atoms with van der Waals surface area (Å²) in [6.45, 7) is 2.01. The number of benzene rings is 1. The van der Waals surface area contributed by atoms with Gasteiger partial charge in [0, 0.05) is 11.8 Å². The quantitative estimate of drug-likeness (QED) is 0.414. The zero-order valence-corrected chi connectivity index (χ0v) is 19.0. The molecule has 0 amide bonds. The predicted octanol–water partition coefficient (Wildman–Crippen LogP) is 3.66. The fourth-order valence-electron chi connectivity index (χ4n) is 3.81. The maximum atomic E-state index is 12.3. The predicted molar refractivity (Wildman–Crippen MR) is 124 cm³/mol. The number of aromatic nitrogens is 1. The number of thiocarbonyl (C=S) groups is 1. The first-order chi connectivity index (χ1) is 16.0. The van der Waals surface area contributed by atoms with Crippen molar-refractivity contribution in [3.05, 3.63) is 77.8 Å². The van der Waals surface area contributed by atoms with Crippen LogP contribution in [0.2, 0.25) is 0 Å². The summed E-state index contributed by atoms with van der Waals surface area (Å²) >= 11 is 5.54. The number of ether oxygens (including phenoxy) is 2. The maximum Gasteiger partial charge on any atom is 0.337 e. The van der Waals surface area contributed by atoms with E-state index in [1.807, 2.05) is 36.4 Å². The second-order valence-corrected chi connectivity index (χ2v) is 7.72. The number of furan rings is 1. The highest BCUT2D eigenvalue weighted by Crippen LogP contribution is 2.40. The minimum Gasteiger partial charge on any atom is -0.465 e. The van der Waals surface area contributed by atoms with Crippen molar-refractivity contribution in [2.24, 2.45) is 0 Å². The summed E-state index contributed by atoms with van der Waals surface area (Å²) in [5.41, 5.74) is 1.91. The maximum absolute atomic E-state index is 12.3. The number of rotatable bonds is 7. The van der Waals surface area contributed by atoms with Crippen molar-refractivity contribution >= 4 is 29.3 Å². The molecule has 170 valence electrons. The number of nitrogens with one attached hydrogen (secondary N) is 1. The topological polar surface area (TPSA) is 93.9 Å². The van der Waals surface area contributed by atoms with Crippen LogP contribution in [0.4, 0.5) is 0 Å². The number of methoxy groups -OCH3 is 1. The Balaban J connectivity index is 1.70. The van der Waals surface area contributed by atoms with Gasteiger partial charge >= 0.3 is 11.9 Å². The fourth-order valence-corrected chi connectivity index (χ4v) is 4.12. The van der Waals surface area contributed by atoms with E-state index in [1.165, 1.54) is 7.11 Å². The molecule has 1 aliphatic heterocycles. The van der Waals surface area contributed by atoms with Crippen LogP contribution in [-0.2, 0) is 14.3 Å². The first kappa shape index (κ1) is 22.5. The third kappa shape index (κ3) is 4.73. The molecule has 33 heavy (non-hydrogen) atoms. The second kappa shape index (κ2) is 9.83. The Morgan fingerprint density at radius 3 is 2.76 bits per heavy atom. The molecule has 3 heterocycles. The van der Waals surface area contributed by atoms with Crippen molar-refractivity contribution in [1.82, 2.24) is 15.2 Å². The third-order valence-electron chi connectivity index (χ3n) is 5.29. The summed E-state index contributed by atoms with van der Waals surface area (Å²) in [5.74, 6) is 0.362. The van der Waals surface area contributed by atoms with E-state index < -0.39 is 12.0 Å². The van der Waals surface area contributed by atoms with Gasteiger partial charge in [-0.25, -0.2) is 4.79 Å². The number of carbonyl (C=O) groups is 2.